The van der Waals surface area contributed by atoms with Crippen LogP contribution in [0.3, 0.4) is 0 Å². The molecule has 70 heavy (non-hydrogen) atoms. The lowest BCUT2D eigenvalue weighted by molar-refractivity contribution is -0.870. The van der Waals surface area contributed by atoms with Crippen molar-refractivity contribution in [2.75, 3.05) is 40.9 Å². The number of allylic oxidation sites excluding steroid dienone is 17. The maximum Gasteiger partial charge on any atom is 0.268 e. The van der Waals surface area contributed by atoms with E-state index >= 15 is 0 Å². The smallest absolute Gasteiger partial charge is 0.268 e. The fourth-order valence-corrected chi connectivity index (χ4v) is 8.26. The third-order valence-corrected chi connectivity index (χ3v) is 12.9. The minimum absolute atomic E-state index is 0.0152. The van der Waals surface area contributed by atoms with Crippen LogP contribution in [0.4, 0.5) is 0 Å². The molecule has 0 fully saturated rings. The number of hydrogen-bond donors (Lipinski definition) is 2. The van der Waals surface area contributed by atoms with Crippen LogP contribution in [-0.4, -0.2) is 68.5 Å². The van der Waals surface area contributed by atoms with Gasteiger partial charge in [-0.15, -0.1) is 0 Å². The van der Waals surface area contributed by atoms with Crippen molar-refractivity contribution in [3.8, 4) is 0 Å². The number of aliphatic hydroxyl groups excluding tert-OH is 1. The van der Waals surface area contributed by atoms with Crippen LogP contribution in [0.2, 0.25) is 0 Å². The zero-order chi connectivity index (χ0) is 51.3. The second-order valence-corrected chi connectivity index (χ2v) is 21.3. The van der Waals surface area contributed by atoms with Crippen LogP contribution in [0.5, 0.6) is 0 Å². The lowest BCUT2D eigenvalue weighted by Crippen LogP contribution is -2.45. The lowest BCUT2D eigenvalue weighted by Gasteiger charge is -2.29. The average molecular weight is 996 g/mol. The van der Waals surface area contributed by atoms with Crippen molar-refractivity contribution in [2.24, 2.45) is 0 Å². The van der Waals surface area contributed by atoms with Crippen LogP contribution < -0.4 is 10.2 Å². The van der Waals surface area contributed by atoms with E-state index in [2.05, 4.69) is 116 Å². The van der Waals surface area contributed by atoms with Gasteiger partial charge in [-0.05, 0) is 96.3 Å². The van der Waals surface area contributed by atoms with Gasteiger partial charge in [0.2, 0.25) is 5.91 Å². The number of phosphoric acid groups is 1. The Kier molecular flexibility index (Phi) is 49.0. The molecule has 9 heteroatoms. The van der Waals surface area contributed by atoms with Gasteiger partial charge in [0.05, 0.1) is 39.9 Å². The number of nitrogens with one attached hydrogen (secondary N) is 1. The van der Waals surface area contributed by atoms with Gasteiger partial charge in [-0.1, -0.05) is 226 Å². The first-order valence-corrected chi connectivity index (χ1v) is 29.7. The van der Waals surface area contributed by atoms with Gasteiger partial charge in [-0.25, -0.2) is 0 Å². The number of nitrogens with zero attached hydrogens (tertiary/aromatic N) is 1. The maximum absolute atomic E-state index is 13.0. The summed E-state index contributed by atoms with van der Waals surface area (Å²) in [6.07, 6.45) is 74.4. The van der Waals surface area contributed by atoms with Crippen molar-refractivity contribution < 1.29 is 32.9 Å². The summed E-state index contributed by atoms with van der Waals surface area (Å²) in [5.74, 6) is -0.220. The van der Waals surface area contributed by atoms with Crippen LogP contribution in [-0.2, 0) is 18.4 Å². The van der Waals surface area contributed by atoms with Gasteiger partial charge in [-0.2, -0.15) is 0 Å². The Morgan fingerprint density at radius 2 is 0.886 bits per heavy atom. The summed E-state index contributed by atoms with van der Waals surface area (Å²) in [5.41, 5.74) is 0. The summed E-state index contributed by atoms with van der Waals surface area (Å²) in [5, 5.41) is 13.8. The van der Waals surface area contributed by atoms with E-state index in [0.717, 1.165) is 89.9 Å². The van der Waals surface area contributed by atoms with Crippen LogP contribution >= 0.6 is 7.82 Å². The standard InChI is InChI=1S/C61H107N2O6P/c1-6-8-10-12-14-16-18-20-22-24-26-27-28-29-30-31-32-33-34-35-37-39-41-43-45-47-49-51-53-55-61(65)62-59(58-69-70(66,67)68-57-56-63(3,4)5)60(64)54-52-50-48-46-44-42-40-38-36-25-23-21-19-17-15-13-11-9-7-2/h8,10,14,16,20,22,26-27,29-30,32-33,36,38,44,46,52,54,59-60,64H,6-7,9,11-13,15,17-19,21,23-25,28,31,34-35,37,39-43,45,47-51,53,55-58H2,1-5H3,(H-,62,65,66,67)/b10-8-,16-14-,22-20-,27-26-,30-29-,33-32-,38-36+,46-44+,54-52+. The average Bonchev–Trinajstić information content (AvgIpc) is 3.32. The number of likely N-dealkylation sites (N-methyl/N-ethyl adjacent to an activating group) is 1. The van der Waals surface area contributed by atoms with Crippen LogP contribution in [0.15, 0.2) is 109 Å². The first-order chi connectivity index (χ1) is 34.0. The van der Waals surface area contributed by atoms with Gasteiger partial charge in [-0.3, -0.25) is 9.36 Å². The second-order valence-electron chi connectivity index (χ2n) is 19.9. The number of hydrogen-bond acceptors (Lipinski definition) is 6. The summed E-state index contributed by atoms with van der Waals surface area (Å²) in [6, 6.07) is -0.920. The van der Waals surface area contributed by atoms with E-state index in [1.54, 1.807) is 6.08 Å². The normalized spacial score (nSPS) is 14.8. The predicted molar refractivity (Wildman–Crippen MR) is 302 cm³/mol. The monoisotopic (exact) mass is 995 g/mol. The Morgan fingerprint density at radius 1 is 0.514 bits per heavy atom. The first-order valence-electron chi connectivity index (χ1n) is 28.2. The van der Waals surface area contributed by atoms with E-state index < -0.39 is 26.6 Å². The Balaban J connectivity index is 4.30. The van der Waals surface area contributed by atoms with Crippen molar-refractivity contribution in [3.05, 3.63) is 109 Å². The molecule has 0 bridgehead atoms. The molecule has 0 spiro atoms. The van der Waals surface area contributed by atoms with Crippen molar-refractivity contribution in [3.63, 3.8) is 0 Å². The van der Waals surface area contributed by atoms with Crippen molar-refractivity contribution in [2.45, 2.75) is 231 Å². The molecule has 2 N–H and O–H groups in total. The fourth-order valence-electron chi connectivity index (χ4n) is 7.54. The Morgan fingerprint density at radius 3 is 1.33 bits per heavy atom. The molecule has 0 aromatic carbocycles. The Hall–Kier alpha value is -2.84. The number of quaternary nitrogens is 1. The minimum Gasteiger partial charge on any atom is -0.756 e. The zero-order valence-electron chi connectivity index (χ0n) is 45.7. The van der Waals surface area contributed by atoms with Gasteiger partial charge < -0.3 is 28.8 Å². The molecule has 0 aliphatic heterocycles. The first kappa shape index (κ1) is 67.2. The molecule has 0 aliphatic rings. The number of amides is 1. The third-order valence-electron chi connectivity index (χ3n) is 11.9. The van der Waals surface area contributed by atoms with Crippen molar-refractivity contribution in [1.82, 2.24) is 5.32 Å². The molecule has 0 rings (SSSR count). The molecule has 0 radical (unpaired) electrons. The highest BCUT2D eigenvalue weighted by Crippen LogP contribution is 2.38. The van der Waals surface area contributed by atoms with E-state index in [1.807, 2.05) is 27.2 Å². The summed E-state index contributed by atoms with van der Waals surface area (Å²) >= 11 is 0. The fraction of sp³-hybridized carbons (Fsp3) is 0.689. The van der Waals surface area contributed by atoms with Gasteiger partial charge in [0.25, 0.3) is 7.82 Å². The number of carbonyl (C=O) groups excluding carboxylic acids is 1. The van der Waals surface area contributed by atoms with Crippen molar-refractivity contribution in [1.29, 1.82) is 0 Å². The molecular formula is C61H107N2O6P. The molecule has 0 saturated heterocycles. The highest BCUT2D eigenvalue weighted by molar-refractivity contribution is 7.45. The van der Waals surface area contributed by atoms with E-state index in [9.17, 15) is 19.4 Å². The van der Waals surface area contributed by atoms with E-state index in [4.69, 9.17) is 9.05 Å². The molecule has 3 unspecified atom stereocenters. The molecule has 1 amide bonds. The molecule has 0 aromatic heterocycles. The number of aliphatic hydroxyl groups is 1. The Bertz CT molecular complexity index is 1500. The summed E-state index contributed by atoms with van der Waals surface area (Å²) in [4.78, 5) is 25.5. The SMILES string of the molecule is CC/C=C\C/C=C\C/C=C\C/C=C\C/C=C\C/C=C\CCCCCCCCCCCCC(=O)NC(COP(=O)([O-])OCC[N+](C)(C)C)C(O)/C=C/CC/C=C/CC/C=C/CCCCCCCCCCC. The van der Waals surface area contributed by atoms with Gasteiger partial charge in [0.15, 0.2) is 0 Å². The highest BCUT2D eigenvalue weighted by atomic mass is 31.2. The molecule has 0 aliphatic carbocycles. The van der Waals surface area contributed by atoms with Crippen LogP contribution in [0.1, 0.15) is 219 Å². The Labute approximate surface area is 431 Å². The molecule has 402 valence electrons. The second kappa shape index (κ2) is 51.1. The minimum atomic E-state index is -4.62. The van der Waals surface area contributed by atoms with Crippen molar-refractivity contribution >= 4 is 13.7 Å². The molecular weight excluding hydrogens is 888 g/mol. The molecule has 0 aromatic rings. The molecule has 3 atom stereocenters. The third kappa shape index (κ3) is 53.0. The molecule has 0 saturated carbocycles. The van der Waals surface area contributed by atoms with E-state index in [0.29, 0.717) is 17.4 Å². The number of unbranched alkanes of at least 4 members (excludes halogenated alkanes) is 21. The van der Waals surface area contributed by atoms with Gasteiger partial charge in [0.1, 0.15) is 13.2 Å². The summed E-state index contributed by atoms with van der Waals surface area (Å²) < 4.78 is 23.3. The summed E-state index contributed by atoms with van der Waals surface area (Å²) in [6.45, 7) is 4.49. The molecule has 8 nitrogen and oxygen atoms in total. The number of carbonyl (C=O) groups is 1. The van der Waals surface area contributed by atoms with Crippen LogP contribution in [0.25, 0.3) is 0 Å². The van der Waals surface area contributed by atoms with Gasteiger partial charge >= 0.3 is 0 Å². The quantitative estimate of drug-likeness (QED) is 0.0272. The zero-order valence-corrected chi connectivity index (χ0v) is 46.6. The number of phosphoric ester groups is 1. The highest BCUT2D eigenvalue weighted by Gasteiger charge is 2.23. The van der Waals surface area contributed by atoms with E-state index in [-0.39, 0.29) is 12.5 Å². The maximum atomic E-state index is 13.0. The lowest BCUT2D eigenvalue weighted by atomic mass is 10.0. The number of rotatable bonds is 50. The topological polar surface area (TPSA) is 108 Å². The van der Waals surface area contributed by atoms with Crippen LogP contribution in [0, 0.1) is 0 Å². The van der Waals surface area contributed by atoms with E-state index in [1.165, 1.54) is 109 Å². The largest absolute Gasteiger partial charge is 0.756 e. The van der Waals surface area contributed by atoms with Gasteiger partial charge in [0, 0.05) is 6.42 Å². The molecule has 0 heterocycles. The summed E-state index contributed by atoms with van der Waals surface area (Å²) in [7, 11) is 1.22. The predicted octanol–water partition coefficient (Wildman–Crippen LogP) is 16.6.